The second-order valence-corrected chi connectivity index (χ2v) is 5.20. The third kappa shape index (κ3) is 3.95. The van der Waals surface area contributed by atoms with Crippen LogP contribution < -0.4 is 9.62 Å². The molecular weight excluding hydrogens is 258 g/mol. The van der Waals surface area contributed by atoms with Crippen LogP contribution in [-0.2, 0) is 19.6 Å². The molecule has 102 valence electrons. The highest BCUT2D eigenvalue weighted by atomic mass is 32.2. The average molecular weight is 275 g/mol. The molecule has 0 atom stereocenters. The molecule has 0 bridgehead atoms. The standard InChI is InChI=1S/C11H17NO5S/c1-9-8-10(4-5-11(9)16-3)18(13,14)12-17-7-6-15-2/h4-5,8,12H,6-7H2,1-3H3. The van der Waals surface area contributed by atoms with E-state index in [9.17, 15) is 8.42 Å². The maximum atomic E-state index is 11.8. The van der Waals surface area contributed by atoms with Crippen LogP contribution >= 0.6 is 0 Å². The van der Waals surface area contributed by atoms with Gasteiger partial charge in [-0.05, 0) is 30.7 Å². The Balaban J connectivity index is 2.76. The number of rotatable bonds is 7. The van der Waals surface area contributed by atoms with Gasteiger partial charge in [0.25, 0.3) is 10.0 Å². The molecule has 18 heavy (non-hydrogen) atoms. The molecule has 7 heteroatoms. The number of hydrogen-bond acceptors (Lipinski definition) is 5. The molecule has 1 aromatic carbocycles. The van der Waals surface area contributed by atoms with E-state index in [0.29, 0.717) is 12.4 Å². The zero-order valence-electron chi connectivity index (χ0n) is 10.6. The number of methoxy groups -OCH3 is 2. The highest BCUT2D eigenvalue weighted by molar-refractivity contribution is 7.89. The Hall–Kier alpha value is -1.15. The van der Waals surface area contributed by atoms with Crippen molar-refractivity contribution in [1.29, 1.82) is 0 Å². The van der Waals surface area contributed by atoms with E-state index in [-0.39, 0.29) is 11.5 Å². The van der Waals surface area contributed by atoms with Crippen LogP contribution in [0.3, 0.4) is 0 Å². The van der Waals surface area contributed by atoms with Gasteiger partial charge in [0.2, 0.25) is 0 Å². The van der Waals surface area contributed by atoms with Gasteiger partial charge in [0.05, 0.1) is 25.2 Å². The summed E-state index contributed by atoms with van der Waals surface area (Å²) in [5, 5.41) is 0. The van der Waals surface area contributed by atoms with Crippen LogP contribution in [-0.4, -0.2) is 35.9 Å². The van der Waals surface area contributed by atoms with Crippen molar-refractivity contribution in [3.05, 3.63) is 23.8 Å². The summed E-state index contributed by atoms with van der Waals surface area (Å²) in [6, 6.07) is 4.56. The Morgan fingerprint density at radius 1 is 1.22 bits per heavy atom. The van der Waals surface area contributed by atoms with E-state index < -0.39 is 10.0 Å². The molecule has 0 aromatic heterocycles. The first kappa shape index (κ1) is 14.9. The monoisotopic (exact) mass is 275 g/mol. The zero-order valence-corrected chi connectivity index (χ0v) is 11.4. The second kappa shape index (κ2) is 6.69. The number of aryl methyl sites for hydroxylation is 1. The maximum Gasteiger partial charge on any atom is 0.262 e. The summed E-state index contributed by atoms with van der Waals surface area (Å²) in [5.74, 6) is 0.634. The van der Waals surface area contributed by atoms with E-state index in [0.717, 1.165) is 5.56 Å². The quantitative estimate of drug-likeness (QED) is 0.590. The Bertz CT molecular complexity index is 486. The smallest absolute Gasteiger partial charge is 0.262 e. The normalized spacial score (nSPS) is 11.5. The van der Waals surface area contributed by atoms with Gasteiger partial charge in [-0.25, -0.2) is 8.42 Å². The van der Waals surface area contributed by atoms with Crippen molar-refractivity contribution in [2.75, 3.05) is 27.4 Å². The lowest BCUT2D eigenvalue weighted by Crippen LogP contribution is -2.25. The summed E-state index contributed by atoms with van der Waals surface area (Å²) in [5.41, 5.74) is 0.734. The van der Waals surface area contributed by atoms with Crippen molar-refractivity contribution in [2.24, 2.45) is 0 Å². The Kier molecular flexibility index (Phi) is 5.54. The van der Waals surface area contributed by atoms with Crippen LogP contribution in [0.5, 0.6) is 5.75 Å². The number of nitrogens with one attached hydrogen (secondary N) is 1. The van der Waals surface area contributed by atoms with Gasteiger partial charge >= 0.3 is 0 Å². The second-order valence-electron chi connectivity index (χ2n) is 3.56. The van der Waals surface area contributed by atoms with Crippen molar-refractivity contribution in [2.45, 2.75) is 11.8 Å². The summed E-state index contributed by atoms with van der Waals surface area (Å²) >= 11 is 0. The number of ether oxygens (including phenoxy) is 2. The lowest BCUT2D eigenvalue weighted by Gasteiger charge is -2.09. The van der Waals surface area contributed by atoms with Crippen LogP contribution in [0.25, 0.3) is 0 Å². The fourth-order valence-corrected chi connectivity index (χ4v) is 2.22. The third-order valence-electron chi connectivity index (χ3n) is 2.23. The summed E-state index contributed by atoms with van der Waals surface area (Å²) in [6.07, 6.45) is 0. The van der Waals surface area contributed by atoms with Gasteiger partial charge in [0.15, 0.2) is 0 Å². The molecule has 6 nitrogen and oxygen atoms in total. The summed E-state index contributed by atoms with van der Waals surface area (Å²) in [6.45, 7) is 2.22. The molecular formula is C11H17NO5S. The molecule has 0 aliphatic rings. The molecule has 0 spiro atoms. The van der Waals surface area contributed by atoms with Gasteiger partial charge in [-0.15, -0.1) is 0 Å². The molecule has 0 saturated heterocycles. The first-order chi connectivity index (χ1) is 8.51. The largest absolute Gasteiger partial charge is 0.496 e. The van der Waals surface area contributed by atoms with Crippen LogP contribution in [0.1, 0.15) is 5.56 Å². The molecule has 0 fully saturated rings. The Morgan fingerprint density at radius 3 is 2.50 bits per heavy atom. The topological polar surface area (TPSA) is 73.9 Å². The molecule has 0 aliphatic carbocycles. The highest BCUT2D eigenvalue weighted by Gasteiger charge is 2.15. The summed E-state index contributed by atoms with van der Waals surface area (Å²) in [7, 11) is -0.637. The maximum absolute atomic E-state index is 11.8. The predicted octanol–water partition coefficient (Wildman–Crippen LogP) is 0.860. The van der Waals surface area contributed by atoms with Crippen LogP contribution in [0, 0.1) is 6.92 Å². The molecule has 1 aromatic rings. The van der Waals surface area contributed by atoms with Crippen LogP contribution in [0.2, 0.25) is 0 Å². The van der Waals surface area contributed by atoms with Gasteiger partial charge in [-0.2, -0.15) is 0 Å². The molecule has 0 heterocycles. The van der Waals surface area contributed by atoms with E-state index in [1.54, 1.807) is 13.0 Å². The minimum atomic E-state index is -3.67. The van der Waals surface area contributed by atoms with E-state index >= 15 is 0 Å². The van der Waals surface area contributed by atoms with E-state index in [2.05, 4.69) is 0 Å². The summed E-state index contributed by atoms with van der Waals surface area (Å²) in [4.78, 5) is 6.95. The molecule has 1 rings (SSSR count). The van der Waals surface area contributed by atoms with Crippen LogP contribution in [0.4, 0.5) is 0 Å². The van der Waals surface area contributed by atoms with Gasteiger partial charge in [0.1, 0.15) is 5.75 Å². The molecule has 0 radical (unpaired) electrons. The molecule has 0 amide bonds. The average Bonchev–Trinajstić information content (AvgIpc) is 2.34. The molecule has 0 aliphatic heterocycles. The van der Waals surface area contributed by atoms with E-state index in [1.165, 1.54) is 26.4 Å². The highest BCUT2D eigenvalue weighted by Crippen LogP contribution is 2.21. The van der Waals surface area contributed by atoms with Crippen LogP contribution in [0.15, 0.2) is 23.1 Å². The first-order valence-electron chi connectivity index (χ1n) is 5.28. The lowest BCUT2D eigenvalue weighted by molar-refractivity contribution is 0.0438. The van der Waals surface area contributed by atoms with Crippen molar-refractivity contribution < 1.29 is 22.7 Å². The zero-order chi connectivity index (χ0) is 13.6. The Labute approximate surface area is 107 Å². The van der Waals surface area contributed by atoms with Gasteiger partial charge in [0, 0.05) is 7.11 Å². The SMILES string of the molecule is COCCONS(=O)(=O)c1ccc(OC)c(C)c1. The van der Waals surface area contributed by atoms with Gasteiger partial charge in [-0.3, -0.25) is 4.84 Å². The predicted molar refractivity (Wildman–Crippen MR) is 65.9 cm³/mol. The van der Waals surface area contributed by atoms with E-state index in [1.807, 2.05) is 4.89 Å². The first-order valence-corrected chi connectivity index (χ1v) is 6.76. The Morgan fingerprint density at radius 2 is 1.94 bits per heavy atom. The summed E-state index contributed by atoms with van der Waals surface area (Å²) < 4.78 is 33.5. The van der Waals surface area contributed by atoms with Gasteiger partial charge < -0.3 is 9.47 Å². The lowest BCUT2D eigenvalue weighted by atomic mass is 10.2. The van der Waals surface area contributed by atoms with E-state index in [4.69, 9.17) is 14.3 Å². The fourth-order valence-electron chi connectivity index (χ4n) is 1.31. The number of benzene rings is 1. The molecule has 0 unspecified atom stereocenters. The number of sulfonamides is 1. The fraction of sp³-hybridized carbons (Fsp3) is 0.455. The minimum Gasteiger partial charge on any atom is -0.496 e. The third-order valence-corrected chi connectivity index (χ3v) is 3.45. The van der Waals surface area contributed by atoms with Crippen molar-refractivity contribution in [3.63, 3.8) is 0 Å². The molecule has 0 saturated carbocycles. The number of hydrogen-bond donors (Lipinski definition) is 1. The minimum absolute atomic E-state index is 0.123. The van der Waals surface area contributed by atoms with Gasteiger partial charge in [-0.1, -0.05) is 4.89 Å². The van der Waals surface area contributed by atoms with Crippen molar-refractivity contribution in [3.8, 4) is 5.75 Å². The van der Waals surface area contributed by atoms with Crippen molar-refractivity contribution >= 4 is 10.0 Å². The van der Waals surface area contributed by atoms with Crippen molar-refractivity contribution in [1.82, 2.24) is 4.89 Å². The molecule has 1 N–H and O–H groups in total.